The first-order chi connectivity index (χ1) is 12.3. The van der Waals surface area contributed by atoms with Crippen molar-refractivity contribution in [2.24, 2.45) is 5.92 Å². The van der Waals surface area contributed by atoms with Gasteiger partial charge in [-0.3, -0.25) is 4.79 Å². The lowest BCUT2D eigenvalue weighted by Gasteiger charge is -2.31. The number of sulfonamides is 1. The fourth-order valence-corrected chi connectivity index (χ4v) is 5.02. The summed E-state index contributed by atoms with van der Waals surface area (Å²) in [7, 11) is -3.46. The van der Waals surface area contributed by atoms with E-state index < -0.39 is 10.0 Å². The Morgan fingerprint density at radius 1 is 1.23 bits per heavy atom. The zero-order valence-corrected chi connectivity index (χ0v) is 16.7. The smallest absolute Gasteiger partial charge is 0.275 e. The summed E-state index contributed by atoms with van der Waals surface area (Å²) >= 11 is 0. The lowest BCUT2D eigenvalue weighted by atomic mass is 10.1. The molecule has 1 saturated carbocycles. The number of hydrogen-bond acceptors (Lipinski definition) is 3. The van der Waals surface area contributed by atoms with Gasteiger partial charge in [0.15, 0.2) is 6.54 Å². The third-order valence-electron chi connectivity index (χ3n) is 5.67. The quantitative estimate of drug-likeness (QED) is 0.736. The minimum Gasteiger partial charge on any atom is -0.348 e. The molecule has 0 bridgehead atoms. The van der Waals surface area contributed by atoms with E-state index in [1.54, 1.807) is 16.4 Å². The molecule has 1 aromatic rings. The molecule has 144 valence electrons. The summed E-state index contributed by atoms with van der Waals surface area (Å²) in [6, 6.07) is 5.54. The maximum Gasteiger partial charge on any atom is 0.275 e. The van der Waals surface area contributed by atoms with Crippen molar-refractivity contribution >= 4 is 15.9 Å². The number of nitrogens with zero attached hydrogens (tertiary/aromatic N) is 1. The van der Waals surface area contributed by atoms with Crippen LogP contribution in [0.2, 0.25) is 0 Å². The average molecular weight is 381 g/mol. The largest absolute Gasteiger partial charge is 0.348 e. The molecule has 1 aliphatic heterocycles. The van der Waals surface area contributed by atoms with Crippen molar-refractivity contribution in [1.82, 2.24) is 9.62 Å². The molecule has 0 spiro atoms. The van der Waals surface area contributed by atoms with Gasteiger partial charge in [-0.25, -0.2) is 8.42 Å². The van der Waals surface area contributed by atoms with E-state index >= 15 is 0 Å². The van der Waals surface area contributed by atoms with E-state index in [1.807, 2.05) is 19.9 Å². The van der Waals surface area contributed by atoms with Gasteiger partial charge in [0.25, 0.3) is 5.91 Å². The maximum absolute atomic E-state index is 12.8. The van der Waals surface area contributed by atoms with Gasteiger partial charge in [-0.1, -0.05) is 6.07 Å². The number of hydrogen-bond donors (Lipinski definition) is 2. The Balaban J connectivity index is 1.53. The summed E-state index contributed by atoms with van der Waals surface area (Å²) < 4.78 is 27.2. The summed E-state index contributed by atoms with van der Waals surface area (Å²) in [5, 5.41) is 3.08. The molecule has 0 unspecified atom stereocenters. The summed E-state index contributed by atoms with van der Waals surface area (Å²) in [4.78, 5) is 13.7. The molecular weight excluding hydrogens is 350 g/mol. The molecule has 3 rings (SSSR count). The molecule has 2 N–H and O–H groups in total. The van der Waals surface area contributed by atoms with Crippen LogP contribution in [0.5, 0.6) is 0 Å². The average Bonchev–Trinajstić information content (AvgIpc) is 3.42. The van der Waals surface area contributed by atoms with Crippen LogP contribution < -0.4 is 10.2 Å². The van der Waals surface area contributed by atoms with Crippen LogP contribution in [0, 0.1) is 19.8 Å². The van der Waals surface area contributed by atoms with Crippen LogP contribution in [0.15, 0.2) is 23.1 Å². The Morgan fingerprint density at radius 3 is 2.46 bits per heavy atom. The molecule has 0 aromatic heterocycles. The number of aryl methyl sites for hydroxylation is 2. The number of piperazine rings is 1. The highest BCUT2D eigenvalue weighted by Gasteiger charge is 2.33. The van der Waals surface area contributed by atoms with E-state index in [1.165, 1.54) is 12.8 Å². The van der Waals surface area contributed by atoms with E-state index in [2.05, 4.69) is 12.2 Å². The van der Waals surface area contributed by atoms with Gasteiger partial charge in [-0.15, -0.1) is 0 Å². The molecule has 1 aliphatic carbocycles. The van der Waals surface area contributed by atoms with Crippen LogP contribution in [0.4, 0.5) is 0 Å². The van der Waals surface area contributed by atoms with Crippen molar-refractivity contribution in [3.05, 3.63) is 29.3 Å². The van der Waals surface area contributed by atoms with E-state index in [4.69, 9.17) is 0 Å². The number of quaternary nitrogens is 1. The zero-order chi connectivity index (χ0) is 18.9. The first-order valence-corrected chi connectivity index (χ1v) is 10.9. The second kappa shape index (κ2) is 7.66. The molecule has 1 heterocycles. The summed E-state index contributed by atoms with van der Waals surface area (Å²) in [5.74, 6) is 0.721. The van der Waals surface area contributed by atoms with Crippen LogP contribution in [0.25, 0.3) is 0 Å². The van der Waals surface area contributed by atoms with Gasteiger partial charge < -0.3 is 10.2 Å². The highest BCUT2D eigenvalue weighted by molar-refractivity contribution is 7.89. The number of nitrogens with one attached hydrogen (secondary N) is 2. The predicted octanol–water partition coefficient (Wildman–Crippen LogP) is 0.107. The van der Waals surface area contributed by atoms with Gasteiger partial charge in [-0.05, 0) is 62.8 Å². The standard InChI is InChI=1S/C19H29N3O3S/c1-14-4-7-18(12-15(14)2)26(24,25)22-10-8-21(9-11-22)13-19(23)20-16(3)17-5-6-17/h4,7,12,16-17H,5-6,8-11,13H2,1-3H3,(H,20,23)/p+1/t16-/m1/s1. The van der Waals surface area contributed by atoms with Crippen molar-refractivity contribution < 1.29 is 18.1 Å². The summed E-state index contributed by atoms with van der Waals surface area (Å²) in [5.41, 5.74) is 2.07. The molecular formula is C19H30N3O3S+. The topological polar surface area (TPSA) is 70.9 Å². The first kappa shape index (κ1) is 19.3. The predicted molar refractivity (Wildman–Crippen MR) is 101 cm³/mol. The molecule has 2 aliphatic rings. The van der Waals surface area contributed by atoms with Gasteiger partial charge in [0, 0.05) is 6.04 Å². The normalized spacial score (nSPS) is 20.7. The van der Waals surface area contributed by atoms with Crippen LogP contribution in [0.3, 0.4) is 0 Å². The van der Waals surface area contributed by atoms with Gasteiger partial charge in [0.05, 0.1) is 31.1 Å². The molecule has 6 nitrogen and oxygen atoms in total. The third-order valence-corrected chi connectivity index (χ3v) is 7.57. The van der Waals surface area contributed by atoms with Crippen LogP contribution in [-0.2, 0) is 14.8 Å². The number of rotatable bonds is 6. The third kappa shape index (κ3) is 4.45. The Morgan fingerprint density at radius 2 is 1.88 bits per heavy atom. The molecule has 1 aromatic carbocycles. The number of benzene rings is 1. The minimum absolute atomic E-state index is 0.0740. The Kier molecular flexibility index (Phi) is 5.69. The van der Waals surface area contributed by atoms with E-state index in [0.717, 1.165) is 16.0 Å². The van der Waals surface area contributed by atoms with E-state index in [-0.39, 0.29) is 11.9 Å². The molecule has 7 heteroatoms. The SMILES string of the molecule is Cc1ccc(S(=O)(=O)N2CC[NH+](CC(=O)N[C@H](C)C3CC3)CC2)cc1C. The molecule has 26 heavy (non-hydrogen) atoms. The molecule has 0 radical (unpaired) electrons. The van der Waals surface area contributed by atoms with Crippen molar-refractivity contribution in [2.45, 2.75) is 44.6 Å². The van der Waals surface area contributed by atoms with Gasteiger partial charge in [0.2, 0.25) is 10.0 Å². The number of carbonyl (C=O) groups is 1. The van der Waals surface area contributed by atoms with Crippen molar-refractivity contribution in [1.29, 1.82) is 0 Å². The highest BCUT2D eigenvalue weighted by atomic mass is 32.2. The summed E-state index contributed by atoms with van der Waals surface area (Å²) in [6.45, 7) is 8.63. The molecule has 1 saturated heterocycles. The minimum atomic E-state index is -3.46. The van der Waals surface area contributed by atoms with Crippen molar-refractivity contribution in [3.8, 4) is 0 Å². The van der Waals surface area contributed by atoms with Crippen LogP contribution in [0.1, 0.15) is 30.9 Å². The van der Waals surface area contributed by atoms with Crippen molar-refractivity contribution in [3.63, 3.8) is 0 Å². The van der Waals surface area contributed by atoms with Gasteiger partial charge in [0.1, 0.15) is 0 Å². The van der Waals surface area contributed by atoms with Crippen molar-refractivity contribution in [2.75, 3.05) is 32.7 Å². The molecule has 1 amide bonds. The maximum atomic E-state index is 12.8. The van der Waals surface area contributed by atoms with Gasteiger partial charge in [-0.2, -0.15) is 4.31 Å². The van der Waals surface area contributed by atoms with Crippen LogP contribution in [-0.4, -0.2) is 57.4 Å². The van der Waals surface area contributed by atoms with E-state index in [9.17, 15) is 13.2 Å². The first-order valence-electron chi connectivity index (χ1n) is 9.47. The molecule has 1 atom stereocenters. The Labute approximate surface area is 156 Å². The lowest BCUT2D eigenvalue weighted by molar-refractivity contribution is -0.895. The lowest BCUT2D eigenvalue weighted by Crippen LogP contribution is -3.15. The zero-order valence-electron chi connectivity index (χ0n) is 15.9. The van der Waals surface area contributed by atoms with Crippen LogP contribution >= 0.6 is 0 Å². The number of amides is 1. The highest BCUT2D eigenvalue weighted by Crippen LogP contribution is 2.32. The Hall–Kier alpha value is -1.44. The second-order valence-electron chi connectivity index (χ2n) is 7.77. The fraction of sp³-hybridized carbons (Fsp3) is 0.632. The van der Waals surface area contributed by atoms with E-state index in [0.29, 0.717) is 43.5 Å². The number of carbonyl (C=O) groups excluding carboxylic acids is 1. The molecule has 2 fully saturated rings. The summed E-state index contributed by atoms with van der Waals surface area (Å²) in [6.07, 6.45) is 2.42. The monoisotopic (exact) mass is 380 g/mol. The van der Waals surface area contributed by atoms with Gasteiger partial charge >= 0.3 is 0 Å². The second-order valence-corrected chi connectivity index (χ2v) is 9.71. The Bertz CT molecular complexity index is 766. The fourth-order valence-electron chi connectivity index (χ4n) is 3.49.